The lowest BCUT2D eigenvalue weighted by Crippen LogP contribution is -2.30. The van der Waals surface area contributed by atoms with Crippen molar-refractivity contribution in [3.05, 3.63) is 59.7 Å². The van der Waals surface area contributed by atoms with Gasteiger partial charge >= 0.3 is 6.03 Å². The number of anilines is 1. The van der Waals surface area contributed by atoms with E-state index >= 15 is 0 Å². The van der Waals surface area contributed by atoms with Crippen LogP contribution in [-0.4, -0.2) is 37.6 Å². The van der Waals surface area contributed by atoms with Gasteiger partial charge in [-0.15, -0.1) is 0 Å². The van der Waals surface area contributed by atoms with Gasteiger partial charge in [-0.25, -0.2) is 13.2 Å². The molecule has 0 bridgehead atoms. The monoisotopic (exact) mass is 403 g/mol. The molecule has 8 heteroatoms. The summed E-state index contributed by atoms with van der Waals surface area (Å²) >= 11 is 0. The number of hydrogen-bond donors (Lipinski definition) is 2. The van der Waals surface area contributed by atoms with Crippen LogP contribution in [0.2, 0.25) is 0 Å². The number of amides is 2. The number of ketones is 1. The predicted octanol–water partition coefficient (Wildman–Crippen LogP) is 3.24. The zero-order valence-electron chi connectivity index (χ0n) is 16.2. The van der Waals surface area contributed by atoms with Crippen LogP contribution in [0.15, 0.2) is 53.4 Å². The average Bonchev–Trinajstić information content (AvgIpc) is 2.67. The highest BCUT2D eigenvalue weighted by Gasteiger charge is 2.21. The molecule has 0 aliphatic heterocycles. The molecule has 0 spiro atoms. The SMILES string of the molecule is CCN(CC)S(=O)(=O)c1ccc(CNC(=O)Nc2cccc(C(C)=O)c2)cc1. The zero-order chi connectivity index (χ0) is 20.7. The van der Waals surface area contributed by atoms with Gasteiger partial charge in [0.15, 0.2) is 5.78 Å². The zero-order valence-corrected chi connectivity index (χ0v) is 17.0. The molecule has 0 heterocycles. The summed E-state index contributed by atoms with van der Waals surface area (Å²) in [5.74, 6) is -0.0798. The van der Waals surface area contributed by atoms with Gasteiger partial charge in [0.25, 0.3) is 0 Å². The third kappa shape index (κ3) is 5.40. The molecular weight excluding hydrogens is 378 g/mol. The Morgan fingerprint density at radius 2 is 1.64 bits per heavy atom. The number of urea groups is 1. The molecule has 0 aliphatic rings. The van der Waals surface area contributed by atoms with Crippen LogP contribution in [0.5, 0.6) is 0 Å². The van der Waals surface area contributed by atoms with E-state index in [1.165, 1.54) is 11.2 Å². The highest BCUT2D eigenvalue weighted by atomic mass is 32.2. The molecule has 0 saturated heterocycles. The molecule has 150 valence electrons. The van der Waals surface area contributed by atoms with Crippen LogP contribution in [0, 0.1) is 0 Å². The fourth-order valence-electron chi connectivity index (χ4n) is 2.67. The van der Waals surface area contributed by atoms with Crippen LogP contribution in [0.1, 0.15) is 36.7 Å². The summed E-state index contributed by atoms with van der Waals surface area (Å²) in [4.78, 5) is 23.7. The summed E-state index contributed by atoms with van der Waals surface area (Å²) < 4.78 is 26.3. The number of nitrogens with one attached hydrogen (secondary N) is 2. The molecule has 0 radical (unpaired) electrons. The molecule has 0 saturated carbocycles. The maximum absolute atomic E-state index is 12.5. The van der Waals surface area contributed by atoms with E-state index in [4.69, 9.17) is 0 Å². The van der Waals surface area contributed by atoms with Gasteiger partial charge in [-0.1, -0.05) is 38.1 Å². The van der Waals surface area contributed by atoms with Gasteiger partial charge < -0.3 is 10.6 Å². The minimum atomic E-state index is -3.49. The van der Waals surface area contributed by atoms with Crippen LogP contribution in [0.3, 0.4) is 0 Å². The van der Waals surface area contributed by atoms with E-state index in [0.29, 0.717) is 24.3 Å². The molecule has 7 nitrogen and oxygen atoms in total. The minimum Gasteiger partial charge on any atom is -0.334 e. The summed E-state index contributed by atoms with van der Waals surface area (Å²) in [6, 6.07) is 12.7. The van der Waals surface area contributed by atoms with Gasteiger partial charge in [-0.2, -0.15) is 4.31 Å². The number of rotatable bonds is 8. The molecule has 2 aromatic carbocycles. The smallest absolute Gasteiger partial charge is 0.319 e. The van der Waals surface area contributed by atoms with Crippen molar-refractivity contribution >= 4 is 27.5 Å². The third-order valence-electron chi connectivity index (χ3n) is 4.25. The van der Waals surface area contributed by atoms with E-state index in [-0.39, 0.29) is 17.2 Å². The van der Waals surface area contributed by atoms with E-state index in [1.807, 2.05) is 0 Å². The molecule has 0 aliphatic carbocycles. The topological polar surface area (TPSA) is 95.6 Å². The van der Waals surface area contributed by atoms with Crippen LogP contribution in [-0.2, 0) is 16.6 Å². The maximum atomic E-state index is 12.5. The van der Waals surface area contributed by atoms with Crippen molar-refractivity contribution in [2.24, 2.45) is 0 Å². The van der Waals surface area contributed by atoms with E-state index in [2.05, 4.69) is 10.6 Å². The summed E-state index contributed by atoms with van der Waals surface area (Å²) in [6.07, 6.45) is 0. The van der Waals surface area contributed by atoms with Gasteiger partial charge in [0.1, 0.15) is 0 Å². The molecule has 2 aromatic rings. The number of hydrogen-bond acceptors (Lipinski definition) is 4. The lowest BCUT2D eigenvalue weighted by atomic mass is 10.1. The predicted molar refractivity (Wildman–Crippen MR) is 109 cm³/mol. The normalized spacial score (nSPS) is 11.3. The third-order valence-corrected chi connectivity index (χ3v) is 6.31. The molecule has 2 rings (SSSR count). The van der Waals surface area contributed by atoms with Gasteiger partial charge in [0.05, 0.1) is 4.90 Å². The number of sulfonamides is 1. The Labute approximate surface area is 165 Å². The van der Waals surface area contributed by atoms with Crippen molar-refractivity contribution in [2.45, 2.75) is 32.2 Å². The Kier molecular flexibility index (Phi) is 7.31. The average molecular weight is 404 g/mol. The summed E-state index contributed by atoms with van der Waals surface area (Å²) in [5, 5.41) is 5.37. The second-order valence-electron chi connectivity index (χ2n) is 6.18. The number of benzene rings is 2. The first kappa shape index (κ1) is 21.6. The van der Waals surface area contributed by atoms with Gasteiger partial charge in [-0.05, 0) is 36.8 Å². The number of carbonyl (C=O) groups excluding carboxylic acids is 2. The molecule has 0 atom stereocenters. The second kappa shape index (κ2) is 9.48. The minimum absolute atomic E-state index is 0.0798. The first-order valence-corrected chi connectivity index (χ1v) is 10.5. The van der Waals surface area contributed by atoms with Crippen molar-refractivity contribution in [1.82, 2.24) is 9.62 Å². The van der Waals surface area contributed by atoms with Crippen LogP contribution in [0.25, 0.3) is 0 Å². The van der Waals surface area contributed by atoms with Crippen molar-refractivity contribution in [3.8, 4) is 0 Å². The van der Waals surface area contributed by atoms with Crippen molar-refractivity contribution in [3.63, 3.8) is 0 Å². The fraction of sp³-hybridized carbons (Fsp3) is 0.300. The van der Waals surface area contributed by atoms with E-state index in [0.717, 1.165) is 5.56 Å². The van der Waals surface area contributed by atoms with E-state index in [9.17, 15) is 18.0 Å². The molecule has 0 unspecified atom stereocenters. The quantitative estimate of drug-likeness (QED) is 0.662. The van der Waals surface area contributed by atoms with Crippen LogP contribution < -0.4 is 10.6 Å². The van der Waals surface area contributed by atoms with Gasteiger partial charge in [-0.3, -0.25) is 4.79 Å². The van der Waals surface area contributed by atoms with Gasteiger partial charge in [0.2, 0.25) is 10.0 Å². The number of carbonyl (C=O) groups is 2. The maximum Gasteiger partial charge on any atom is 0.319 e. The molecule has 0 aromatic heterocycles. The van der Waals surface area contributed by atoms with Crippen molar-refractivity contribution in [1.29, 1.82) is 0 Å². The second-order valence-corrected chi connectivity index (χ2v) is 8.12. The summed E-state index contributed by atoms with van der Waals surface area (Å²) in [5.41, 5.74) is 1.81. The largest absolute Gasteiger partial charge is 0.334 e. The standard InChI is InChI=1S/C20H25N3O4S/c1-4-23(5-2)28(26,27)19-11-9-16(10-12-19)14-21-20(25)22-18-8-6-7-17(13-18)15(3)24/h6-13H,4-5,14H2,1-3H3,(H2,21,22,25). The molecule has 0 fully saturated rings. The van der Waals surface area contributed by atoms with Crippen molar-refractivity contribution < 1.29 is 18.0 Å². The first-order chi connectivity index (χ1) is 13.3. The molecule has 28 heavy (non-hydrogen) atoms. The Morgan fingerprint density at radius 1 is 1.00 bits per heavy atom. The highest BCUT2D eigenvalue weighted by Crippen LogP contribution is 2.16. The first-order valence-electron chi connectivity index (χ1n) is 9.02. The summed E-state index contributed by atoms with van der Waals surface area (Å²) in [7, 11) is -3.49. The Balaban J connectivity index is 1.97. The number of nitrogens with zero attached hydrogens (tertiary/aromatic N) is 1. The van der Waals surface area contributed by atoms with Gasteiger partial charge in [0, 0.05) is 30.9 Å². The summed E-state index contributed by atoms with van der Waals surface area (Å²) in [6.45, 7) is 6.11. The Morgan fingerprint density at radius 3 is 2.21 bits per heavy atom. The molecule has 2 amide bonds. The Bertz CT molecular complexity index is 936. The highest BCUT2D eigenvalue weighted by molar-refractivity contribution is 7.89. The van der Waals surface area contributed by atoms with Crippen LogP contribution in [0.4, 0.5) is 10.5 Å². The van der Waals surface area contributed by atoms with Crippen LogP contribution >= 0.6 is 0 Å². The lowest BCUT2D eigenvalue weighted by Gasteiger charge is -2.18. The van der Waals surface area contributed by atoms with E-state index < -0.39 is 16.1 Å². The van der Waals surface area contributed by atoms with Crippen molar-refractivity contribution in [2.75, 3.05) is 18.4 Å². The molecule has 2 N–H and O–H groups in total. The van der Waals surface area contributed by atoms with E-state index in [1.54, 1.807) is 62.4 Å². The molecular formula is C20H25N3O4S. The fourth-order valence-corrected chi connectivity index (χ4v) is 4.12. The number of Topliss-reactive ketones (excluding diaryl/α,β-unsaturated/α-hetero) is 1. The Hall–Kier alpha value is -2.71. The lowest BCUT2D eigenvalue weighted by molar-refractivity contribution is 0.101.